The third-order valence-corrected chi connectivity index (χ3v) is 5.66. The van der Waals surface area contributed by atoms with Gasteiger partial charge < -0.3 is 19.7 Å². The van der Waals surface area contributed by atoms with Crippen LogP contribution in [-0.2, 0) is 4.74 Å². The van der Waals surface area contributed by atoms with Crippen LogP contribution in [0.25, 0.3) is 22.3 Å². The van der Waals surface area contributed by atoms with Crippen molar-refractivity contribution in [3.63, 3.8) is 0 Å². The lowest BCUT2D eigenvalue weighted by molar-refractivity contribution is 0.122. The Hall–Kier alpha value is -3.17. The van der Waals surface area contributed by atoms with Crippen molar-refractivity contribution in [3.05, 3.63) is 41.4 Å². The van der Waals surface area contributed by atoms with E-state index in [1.165, 1.54) is 6.33 Å². The summed E-state index contributed by atoms with van der Waals surface area (Å²) in [5.74, 6) is 1.43. The second-order valence-electron chi connectivity index (χ2n) is 6.64. The van der Waals surface area contributed by atoms with Crippen molar-refractivity contribution in [3.8, 4) is 17.0 Å². The predicted molar refractivity (Wildman–Crippen MR) is 114 cm³/mol. The van der Waals surface area contributed by atoms with E-state index in [-0.39, 0.29) is 0 Å². The normalized spacial score (nSPS) is 14.3. The number of ether oxygens (including phenoxy) is 2. The molecule has 5 rings (SSSR count). The van der Waals surface area contributed by atoms with Gasteiger partial charge in [0, 0.05) is 29.7 Å². The first kappa shape index (κ1) is 17.9. The molecule has 1 fully saturated rings. The number of anilines is 3. The molecule has 0 spiro atoms. The molecule has 29 heavy (non-hydrogen) atoms. The molecule has 0 bridgehead atoms. The molecule has 0 unspecified atom stereocenters. The maximum absolute atomic E-state index is 5.59. The van der Waals surface area contributed by atoms with E-state index in [4.69, 9.17) is 9.47 Å². The lowest BCUT2D eigenvalue weighted by Crippen LogP contribution is -2.36. The second kappa shape index (κ2) is 7.69. The number of nitrogens with one attached hydrogen (secondary N) is 2. The Morgan fingerprint density at radius 2 is 2.10 bits per heavy atom. The Morgan fingerprint density at radius 3 is 2.90 bits per heavy atom. The topological polar surface area (TPSA) is 88.2 Å². The molecule has 1 saturated heterocycles. The minimum atomic E-state index is 0.618. The third kappa shape index (κ3) is 3.39. The summed E-state index contributed by atoms with van der Waals surface area (Å²) in [6, 6.07) is 8.18. The van der Waals surface area contributed by atoms with E-state index in [1.807, 2.05) is 17.5 Å². The predicted octanol–water partition coefficient (Wildman–Crippen LogP) is 3.67. The Labute approximate surface area is 171 Å². The van der Waals surface area contributed by atoms with Crippen LogP contribution in [0.15, 0.2) is 41.4 Å². The van der Waals surface area contributed by atoms with E-state index in [0.29, 0.717) is 11.5 Å². The molecule has 1 aromatic carbocycles. The Kier molecular flexibility index (Phi) is 4.74. The molecule has 148 valence electrons. The number of nitrogens with zero attached hydrogens (tertiary/aromatic N) is 4. The zero-order chi connectivity index (χ0) is 19.6. The molecule has 4 aromatic rings. The van der Waals surface area contributed by atoms with Crippen LogP contribution in [0, 0.1) is 0 Å². The average molecular weight is 408 g/mol. The van der Waals surface area contributed by atoms with E-state index in [9.17, 15) is 0 Å². The fourth-order valence-corrected chi connectivity index (χ4v) is 4.15. The number of hydrogen-bond acceptors (Lipinski definition) is 8. The van der Waals surface area contributed by atoms with Crippen LogP contribution in [0.4, 0.5) is 17.2 Å². The zero-order valence-corrected chi connectivity index (χ0v) is 16.7. The van der Waals surface area contributed by atoms with Crippen LogP contribution in [0.1, 0.15) is 0 Å². The Bertz CT molecular complexity index is 1120. The number of benzene rings is 1. The molecule has 2 N–H and O–H groups in total. The molecule has 8 nitrogen and oxygen atoms in total. The van der Waals surface area contributed by atoms with Gasteiger partial charge in [0.2, 0.25) is 0 Å². The average Bonchev–Trinajstić information content (AvgIpc) is 3.44. The number of morpholine rings is 1. The summed E-state index contributed by atoms with van der Waals surface area (Å²) < 4.78 is 11.1. The maximum atomic E-state index is 5.59. The summed E-state index contributed by atoms with van der Waals surface area (Å²) in [6.07, 6.45) is 1.52. The van der Waals surface area contributed by atoms with Crippen molar-refractivity contribution in [2.75, 3.05) is 43.6 Å². The van der Waals surface area contributed by atoms with E-state index in [0.717, 1.165) is 60.1 Å². The minimum Gasteiger partial charge on any atom is -0.495 e. The maximum Gasteiger partial charge on any atom is 0.186 e. The summed E-state index contributed by atoms with van der Waals surface area (Å²) in [4.78, 5) is 11.1. The van der Waals surface area contributed by atoms with Crippen molar-refractivity contribution in [1.29, 1.82) is 0 Å². The third-order valence-electron chi connectivity index (χ3n) is 4.97. The van der Waals surface area contributed by atoms with Crippen molar-refractivity contribution in [1.82, 2.24) is 20.2 Å². The van der Waals surface area contributed by atoms with Gasteiger partial charge in [0.25, 0.3) is 0 Å². The standard InChI is InChI=1S/C20H20N6O2S/c1-27-16-3-2-14(26-5-7-28-8-6-26)10-15(16)23-19-17-18(13-4-9-29-11-13)24-25-20(17)22-12-21-19/h2-4,9-12H,5-8H2,1H3,(H2,21,22,23,24,25). The van der Waals surface area contributed by atoms with Crippen LogP contribution in [0.2, 0.25) is 0 Å². The van der Waals surface area contributed by atoms with Gasteiger partial charge in [-0.05, 0) is 29.6 Å². The van der Waals surface area contributed by atoms with Crippen molar-refractivity contribution < 1.29 is 9.47 Å². The van der Waals surface area contributed by atoms with Crippen molar-refractivity contribution >= 4 is 39.6 Å². The van der Waals surface area contributed by atoms with Crippen LogP contribution >= 0.6 is 11.3 Å². The SMILES string of the molecule is COc1ccc(N2CCOCC2)cc1Nc1ncnc2n[nH]c(-c3ccsc3)c12. The highest BCUT2D eigenvalue weighted by molar-refractivity contribution is 7.08. The second-order valence-corrected chi connectivity index (χ2v) is 7.42. The highest BCUT2D eigenvalue weighted by Gasteiger charge is 2.18. The lowest BCUT2D eigenvalue weighted by atomic mass is 10.1. The highest BCUT2D eigenvalue weighted by Crippen LogP contribution is 2.36. The Morgan fingerprint density at radius 1 is 1.21 bits per heavy atom. The molecule has 3 aromatic heterocycles. The smallest absolute Gasteiger partial charge is 0.186 e. The van der Waals surface area contributed by atoms with E-state index in [2.05, 4.69) is 47.9 Å². The summed E-state index contributed by atoms with van der Waals surface area (Å²) in [6.45, 7) is 3.21. The van der Waals surface area contributed by atoms with Gasteiger partial charge >= 0.3 is 0 Å². The van der Waals surface area contributed by atoms with Crippen LogP contribution < -0.4 is 15.0 Å². The molecule has 1 aliphatic heterocycles. The molecule has 0 saturated carbocycles. The molecule has 1 aliphatic rings. The van der Waals surface area contributed by atoms with Gasteiger partial charge in [0.15, 0.2) is 5.65 Å². The number of thiophene rings is 1. The van der Waals surface area contributed by atoms with Gasteiger partial charge in [-0.25, -0.2) is 9.97 Å². The molecule has 0 aliphatic carbocycles. The number of hydrogen-bond donors (Lipinski definition) is 2. The van der Waals surface area contributed by atoms with Crippen LogP contribution in [0.3, 0.4) is 0 Å². The minimum absolute atomic E-state index is 0.618. The van der Waals surface area contributed by atoms with Gasteiger partial charge in [-0.2, -0.15) is 16.4 Å². The first-order chi connectivity index (χ1) is 14.3. The monoisotopic (exact) mass is 408 g/mol. The number of aromatic amines is 1. The number of rotatable bonds is 5. The van der Waals surface area contributed by atoms with Gasteiger partial charge in [0.1, 0.15) is 17.9 Å². The van der Waals surface area contributed by atoms with Crippen LogP contribution in [-0.4, -0.2) is 53.6 Å². The van der Waals surface area contributed by atoms with Crippen LogP contribution in [0.5, 0.6) is 5.75 Å². The Balaban J connectivity index is 1.56. The fraction of sp³-hybridized carbons (Fsp3) is 0.250. The quantitative estimate of drug-likeness (QED) is 0.521. The highest BCUT2D eigenvalue weighted by atomic mass is 32.1. The summed E-state index contributed by atoms with van der Waals surface area (Å²) >= 11 is 1.64. The number of H-pyrrole nitrogens is 1. The summed E-state index contributed by atoms with van der Waals surface area (Å²) in [7, 11) is 1.67. The first-order valence-corrected chi connectivity index (χ1v) is 10.3. The van der Waals surface area contributed by atoms with Gasteiger partial charge in [-0.15, -0.1) is 0 Å². The van der Waals surface area contributed by atoms with Gasteiger partial charge in [-0.3, -0.25) is 5.10 Å². The summed E-state index contributed by atoms with van der Waals surface area (Å²) in [5, 5.41) is 15.8. The van der Waals surface area contributed by atoms with Crippen molar-refractivity contribution in [2.45, 2.75) is 0 Å². The molecule has 9 heteroatoms. The number of fused-ring (bicyclic) bond motifs is 1. The zero-order valence-electron chi connectivity index (χ0n) is 15.9. The lowest BCUT2D eigenvalue weighted by Gasteiger charge is -2.29. The fourth-order valence-electron chi connectivity index (χ4n) is 3.51. The molecular formula is C20H20N6O2S. The molecule has 0 amide bonds. The number of aromatic nitrogens is 4. The van der Waals surface area contributed by atoms with Crippen molar-refractivity contribution in [2.24, 2.45) is 0 Å². The summed E-state index contributed by atoms with van der Waals surface area (Å²) in [5.41, 5.74) is 4.53. The van der Waals surface area contributed by atoms with Gasteiger partial charge in [-0.1, -0.05) is 0 Å². The molecule has 0 atom stereocenters. The van der Waals surface area contributed by atoms with E-state index in [1.54, 1.807) is 18.4 Å². The van der Waals surface area contributed by atoms with E-state index >= 15 is 0 Å². The van der Waals surface area contributed by atoms with Gasteiger partial charge in [0.05, 0.1) is 37.1 Å². The van der Waals surface area contributed by atoms with E-state index < -0.39 is 0 Å². The largest absolute Gasteiger partial charge is 0.495 e. The number of methoxy groups -OCH3 is 1. The molecule has 0 radical (unpaired) electrons. The first-order valence-electron chi connectivity index (χ1n) is 9.33. The molecular weight excluding hydrogens is 388 g/mol. The molecule has 4 heterocycles.